The molecule has 1 unspecified atom stereocenters. The molecule has 1 atom stereocenters. The van der Waals surface area contributed by atoms with Crippen LogP contribution in [-0.2, 0) is 11.3 Å². The van der Waals surface area contributed by atoms with Gasteiger partial charge in [0.15, 0.2) is 0 Å². The van der Waals surface area contributed by atoms with Gasteiger partial charge < -0.3 is 9.84 Å². The van der Waals surface area contributed by atoms with Crippen molar-refractivity contribution >= 4 is 11.6 Å². The first-order valence-electron chi connectivity index (χ1n) is 7.47. The number of likely N-dealkylation sites (tertiary alicyclic amines) is 1. The van der Waals surface area contributed by atoms with E-state index in [9.17, 15) is 5.11 Å². The maximum absolute atomic E-state index is 10.2. The summed E-state index contributed by atoms with van der Waals surface area (Å²) in [6, 6.07) is 8.04. The fourth-order valence-electron chi connectivity index (χ4n) is 3.37. The Labute approximate surface area is 125 Å². The van der Waals surface area contributed by atoms with Crippen molar-refractivity contribution in [1.82, 2.24) is 4.90 Å². The highest BCUT2D eigenvalue weighted by molar-refractivity contribution is 6.30. The summed E-state index contributed by atoms with van der Waals surface area (Å²) in [6.45, 7) is 3.67. The zero-order chi connectivity index (χ0) is 14.0. The van der Waals surface area contributed by atoms with Crippen LogP contribution in [0, 0.1) is 0 Å². The zero-order valence-corrected chi connectivity index (χ0v) is 12.5. The SMILES string of the molecule is OC1CCCOC12CCN(Cc1cccc(Cl)c1)CC2. The molecule has 3 rings (SSSR count). The largest absolute Gasteiger partial charge is 0.390 e. The summed E-state index contributed by atoms with van der Waals surface area (Å²) in [6.07, 6.45) is 3.43. The lowest BCUT2D eigenvalue weighted by molar-refractivity contribution is -0.177. The molecule has 0 radical (unpaired) electrons. The molecule has 0 bridgehead atoms. The van der Waals surface area contributed by atoms with Crippen LogP contribution in [-0.4, -0.2) is 41.4 Å². The van der Waals surface area contributed by atoms with Crippen LogP contribution in [0.2, 0.25) is 5.02 Å². The van der Waals surface area contributed by atoms with Crippen molar-refractivity contribution in [3.8, 4) is 0 Å². The molecule has 2 aliphatic rings. The van der Waals surface area contributed by atoms with E-state index >= 15 is 0 Å². The second-order valence-corrected chi connectivity index (χ2v) is 6.41. The molecule has 2 heterocycles. The Morgan fingerprint density at radius 2 is 2.15 bits per heavy atom. The second kappa shape index (κ2) is 6.02. The summed E-state index contributed by atoms with van der Waals surface area (Å²) >= 11 is 6.03. The molecule has 0 saturated carbocycles. The van der Waals surface area contributed by atoms with Crippen molar-refractivity contribution in [1.29, 1.82) is 0 Å². The Bertz CT molecular complexity index is 458. The molecule has 2 saturated heterocycles. The number of aliphatic hydroxyl groups excluding tert-OH is 1. The molecule has 20 heavy (non-hydrogen) atoms. The Kier molecular flexibility index (Phi) is 4.32. The van der Waals surface area contributed by atoms with Crippen LogP contribution < -0.4 is 0 Å². The first kappa shape index (κ1) is 14.3. The molecular weight excluding hydrogens is 274 g/mol. The van der Waals surface area contributed by atoms with Crippen molar-refractivity contribution in [2.75, 3.05) is 19.7 Å². The highest BCUT2D eigenvalue weighted by Crippen LogP contribution is 2.35. The topological polar surface area (TPSA) is 32.7 Å². The molecule has 1 spiro atoms. The molecule has 3 nitrogen and oxygen atoms in total. The molecular formula is C16H22ClNO2. The van der Waals surface area contributed by atoms with Gasteiger partial charge in [-0.2, -0.15) is 0 Å². The molecule has 0 aliphatic carbocycles. The van der Waals surface area contributed by atoms with Crippen LogP contribution in [0.3, 0.4) is 0 Å². The number of hydrogen-bond donors (Lipinski definition) is 1. The van der Waals surface area contributed by atoms with Crippen LogP contribution >= 0.6 is 11.6 Å². The zero-order valence-electron chi connectivity index (χ0n) is 11.7. The molecule has 1 aromatic rings. The number of hydrogen-bond acceptors (Lipinski definition) is 3. The van der Waals surface area contributed by atoms with E-state index in [0.717, 1.165) is 56.9 Å². The summed E-state index contributed by atoms with van der Waals surface area (Å²) in [4.78, 5) is 2.42. The van der Waals surface area contributed by atoms with E-state index in [1.54, 1.807) is 0 Å². The Morgan fingerprint density at radius 3 is 2.85 bits per heavy atom. The molecule has 4 heteroatoms. The number of rotatable bonds is 2. The highest BCUT2D eigenvalue weighted by atomic mass is 35.5. The molecule has 110 valence electrons. The Balaban J connectivity index is 1.58. The van der Waals surface area contributed by atoms with E-state index in [1.165, 1.54) is 5.56 Å². The average molecular weight is 296 g/mol. The second-order valence-electron chi connectivity index (χ2n) is 5.98. The summed E-state index contributed by atoms with van der Waals surface area (Å²) < 4.78 is 5.94. The van der Waals surface area contributed by atoms with Crippen LogP contribution in [0.5, 0.6) is 0 Å². The maximum Gasteiger partial charge on any atom is 0.0964 e. The molecule has 1 N–H and O–H groups in total. The molecule has 2 aliphatic heterocycles. The van der Waals surface area contributed by atoms with Crippen molar-refractivity contribution < 1.29 is 9.84 Å². The first-order chi connectivity index (χ1) is 9.68. The van der Waals surface area contributed by atoms with Crippen molar-refractivity contribution in [2.24, 2.45) is 0 Å². The quantitative estimate of drug-likeness (QED) is 0.911. The number of benzene rings is 1. The first-order valence-corrected chi connectivity index (χ1v) is 7.85. The normalized spacial score (nSPS) is 26.8. The monoisotopic (exact) mass is 295 g/mol. The molecule has 0 aromatic heterocycles. The Morgan fingerprint density at radius 1 is 1.35 bits per heavy atom. The minimum atomic E-state index is -0.287. The standard InChI is InChI=1S/C16H22ClNO2/c17-14-4-1-3-13(11-14)12-18-8-6-16(7-9-18)15(19)5-2-10-20-16/h1,3-4,11,15,19H,2,5-10,12H2. The van der Waals surface area contributed by atoms with Crippen LogP contribution in [0.4, 0.5) is 0 Å². The lowest BCUT2D eigenvalue weighted by Crippen LogP contribution is -2.55. The Hall–Kier alpha value is -0.610. The minimum Gasteiger partial charge on any atom is -0.390 e. The van der Waals surface area contributed by atoms with Gasteiger partial charge in [0.05, 0.1) is 11.7 Å². The third kappa shape index (κ3) is 3.01. The van der Waals surface area contributed by atoms with E-state index in [0.29, 0.717) is 0 Å². The van der Waals surface area contributed by atoms with E-state index in [4.69, 9.17) is 16.3 Å². The fourth-order valence-corrected chi connectivity index (χ4v) is 3.58. The van der Waals surface area contributed by atoms with Gasteiger partial charge in [0, 0.05) is 31.3 Å². The third-order valence-electron chi connectivity index (χ3n) is 4.62. The van der Waals surface area contributed by atoms with Crippen LogP contribution in [0.1, 0.15) is 31.2 Å². The van der Waals surface area contributed by atoms with Gasteiger partial charge in [-0.25, -0.2) is 0 Å². The van der Waals surface area contributed by atoms with Crippen molar-refractivity contribution in [3.63, 3.8) is 0 Å². The lowest BCUT2D eigenvalue weighted by Gasteiger charge is -2.46. The summed E-state index contributed by atoms with van der Waals surface area (Å²) in [5.74, 6) is 0. The minimum absolute atomic E-state index is 0.275. The number of nitrogens with zero attached hydrogens (tertiary/aromatic N) is 1. The smallest absolute Gasteiger partial charge is 0.0964 e. The number of ether oxygens (including phenoxy) is 1. The molecule has 2 fully saturated rings. The van der Waals surface area contributed by atoms with Gasteiger partial charge in [0.25, 0.3) is 0 Å². The number of piperidine rings is 1. The predicted octanol–water partition coefficient (Wildman–Crippen LogP) is 2.85. The van der Waals surface area contributed by atoms with E-state index in [2.05, 4.69) is 11.0 Å². The van der Waals surface area contributed by atoms with Gasteiger partial charge in [0.2, 0.25) is 0 Å². The van der Waals surface area contributed by atoms with E-state index < -0.39 is 0 Å². The third-order valence-corrected chi connectivity index (χ3v) is 4.85. The van der Waals surface area contributed by atoms with Crippen molar-refractivity contribution in [2.45, 2.75) is 43.9 Å². The van der Waals surface area contributed by atoms with Gasteiger partial charge in [-0.15, -0.1) is 0 Å². The number of aliphatic hydroxyl groups is 1. The highest BCUT2D eigenvalue weighted by Gasteiger charge is 2.43. The molecule has 0 amide bonds. The van der Waals surface area contributed by atoms with Crippen LogP contribution in [0.15, 0.2) is 24.3 Å². The van der Waals surface area contributed by atoms with Crippen molar-refractivity contribution in [3.05, 3.63) is 34.9 Å². The predicted molar refractivity (Wildman–Crippen MR) is 79.9 cm³/mol. The van der Waals surface area contributed by atoms with Crippen LogP contribution in [0.25, 0.3) is 0 Å². The fraction of sp³-hybridized carbons (Fsp3) is 0.625. The summed E-state index contributed by atoms with van der Waals surface area (Å²) in [5, 5.41) is 11.0. The van der Waals surface area contributed by atoms with Gasteiger partial charge in [-0.1, -0.05) is 23.7 Å². The van der Waals surface area contributed by atoms with Gasteiger partial charge >= 0.3 is 0 Å². The average Bonchev–Trinajstić information content (AvgIpc) is 2.45. The maximum atomic E-state index is 10.2. The molecule has 1 aromatic carbocycles. The van der Waals surface area contributed by atoms with E-state index in [1.807, 2.05) is 18.2 Å². The lowest BCUT2D eigenvalue weighted by atomic mass is 9.82. The van der Waals surface area contributed by atoms with Gasteiger partial charge in [-0.3, -0.25) is 4.90 Å². The van der Waals surface area contributed by atoms with Gasteiger partial charge in [0.1, 0.15) is 0 Å². The van der Waals surface area contributed by atoms with Gasteiger partial charge in [-0.05, 0) is 43.4 Å². The number of halogens is 1. The summed E-state index contributed by atoms with van der Waals surface area (Å²) in [5.41, 5.74) is 0.974. The van der Waals surface area contributed by atoms with E-state index in [-0.39, 0.29) is 11.7 Å². The summed E-state index contributed by atoms with van der Waals surface area (Å²) in [7, 11) is 0.